The third-order valence-corrected chi connectivity index (χ3v) is 2.89. The second-order valence-electron chi connectivity index (χ2n) is 3.99. The van der Waals surface area contributed by atoms with Crippen molar-refractivity contribution in [3.05, 3.63) is 60.4 Å². The molecule has 2 aromatic carbocycles. The predicted molar refractivity (Wildman–Crippen MR) is 66.8 cm³/mol. The Kier molecular flexibility index (Phi) is 2.34. The molecular weight excluding hydrogens is 228 g/mol. The summed E-state index contributed by atoms with van der Waals surface area (Å²) in [6.45, 7) is 0. The van der Waals surface area contributed by atoms with Gasteiger partial charge in [0.15, 0.2) is 11.0 Å². The Bertz CT molecular complexity index is 717. The van der Waals surface area contributed by atoms with Crippen molar-refractivity contribution < 1.29 is 14.5 Å². The Hall–Kier alpha value is -2.62. The van der Waals surface area contributed by atoms with Crippen LogP contribution < -0.4 is 4.57 Å². The van der Waals surface area contributed by atoms with Gasteiger partial charge in [-0.05, 0) is 24.3 Å². The van der Waals surface area contributed by atoms with E-state index in [-0.39, 0.29) is 5.56 Å². The molecule has 3 rings (SSSR count). The minimum absolute atomic E-state index is 0.289. The number of nitrogens with zero attached hydrogens (tertiary/aromatic N) is 1. The molecule has 0 amide bonds. The number of carboxylic acids is 1. The molecule has 18 heavy (non-hydrogen) atoms. The van der Waals surface area contributed by atoms with Crippen molar-refractivity contribution >= 4 is 17.0 Å². The van der Waals surface area contributed by atoms with Crippen LogP contribution in [-0.4, -0.2) is 16.1 Å². The van der Waals surface area contributed by atoms with E-state index in [0.717, 1.165) is 11.2 Å². The molecule has 0 spiro atoms. The summed E-state index contributed by atoms with van der Waals surface area (Å²) in [4.78, 5) is 14.4. The van der Waals surface area contributed by atoms with Gasteiger partial charge in [-0.2, -0.15) is 4.57 Å². The maximum absolute atomic E-state index is 11.3. The molecule has 0 fully saturated rings. The van der Waals surface area contributed by atoms with Crippen molar-refractivity contribution in [2.45, 2.75) is 0 Å². The van der Waals surface area contributed by atoms with E-state index in [0.29, 0.717) is 5.52 Å². The van der Waals surface area contributed by atoms with Crippen molar-refractivity contribution in [2.75, 3.05) is 0 Å². The van der Waals surface area contributed by atoms with Crippen LogP contribution in [0.4, 0.5) is 0 Å². The first kappa shape index (κ1) is 10.5. The average molecular weight is 239 g/mol. The Morgan fingerprint density at radius 3 is 2.56 bits per heavy atom. The molecule has 88 valence electrons. The Morgan fingerprint density at radius 1 is 1.06 bits per heavy atom. The summed E-state index contributed by atoms with van der Waals surface area (Å²) in [5.41, 5.74) is 2.70. The van der Waals surface area contributed by atoms with E-state index >= 15 is 0 Å². The lowest BCUT2D eigenvalue weighted by molar-refractivity contribution is -0.567. The number of imidazole rings is 1. The molecule has 0 aliphatic rings. The standard InChI is InChI=1S/C14H10N2O2/c17-14(18)11-7-4-8-12-13(11)16(9-15-12)10-5-2-1-3-6-10/h1-9H,(H,17,18)/p+1. The number of carbonyl (C=O) groups is 1. The fraction of sp³-hybridized carbons (Fsp3) is 0. The molecule has 0 unspecified atom stereocenters. The van der Waals surface area contributed by atoms with Gasteiger partial charge in [0.25, 0.3) is 0 Å². The molecule has 0 saturated heterocycles. The van der Waals surface area contributed by atoms with Crippen LogP contribution in [0, 0.1) is 0 Å². The van der Waals surface area contributed by atoms with Crippen molar-refractivity contribution in [2.24, 2.45) is 0 Å². The summed E-state index contributed by atoms with van der Waals surface area (Å²) in [5, 5.41) is 9.25. The highest BCUT2D eigenvalue weighted by molar-refractivity contribution is 5.99. The number of hydrogen-bond donors (Lipinski definition) is 2. The SMILES string of the molecule is O=C(O)c1cccc2[nH]c[n+](-c3ccccc3)c12. The van der Waals surface area contributed by atoms with E-state index in [2.05, 4.69) is 4.98 Å². The third-order valence-electron chi connectivity index (χ3n) is 2.89. The Labute approximate surface area is 103 Å². The monoisotopic (exact) mass is 239 g/mol. The number of aromatic amines is 1. The van der Waals surface area contributed by atoms with Crippen LogP contribution in [-0.2, 0) is 0 Å². The minimum Gasteiger partial charge on any atom is -0.478 e. The van der Waals surface area contributed by atoms with Gasteiger partial charge in [-0.1, -0.05) is 24.3 Å². The number of aromatic carboxylic acids is 1. The smallest absolute Gasteiger partial charge is 0.340 e. The van der Waals surface area contributed by atoms with Crippen LogP contribution in [0.25, 0.3) is 16.7 Å². The maximum Gasteiger partial charge on any atom is 0.340 e. The van der Waals surface area contributed by atoms with Crippen LogP contribution >= 0.6 is 0 Å². The van der Waals surface area contributed by atoms with Gasteiger partial charge in [0, 0.05) is 0 Å². The zero-order valence-electron chi connectivity index (χ0n) is 9.50. The van der Waals surface area contributed by atoms with E-state index in [9.17, 15) is 9.90 Å². The van der Waals surface area contributed by atoms with Gasteiger partial charge in [-0.25, -0.2) is 9.78 Å². The second-order valence-corrected chi connectivity index (χ2v) is 3.99. The summed E-state index contributed by atoms with van der Waals surface area (Å²) in [6, 6.07) is 14.8. The summed E-state index contributed by atoms with van der Waals surface area (Å²) in [5.74, 6) is -0.926. The molecule has 0 aliphatic carbocycles. The molecule has 1 aromatic heterocycles. The summed E-state index contributed by atoms with van der Waals surface area (Å²) < 4.78 is 1.85. The molecule has 3 aromatic rings. The van der Waals surface area contributed by atoms with Crippen LogP contribution in [0.1, 0.15) is 10.4 Å². The van der Waals surface area contributed by atoms with Crippen molar-refractivity contribution in [1.29, 1.82) is 0 Å². The van der Waals surface area contributed by atoms with Gasteiger partial charge in [0.1, 0.15) is 11.3 Å². The number of para-hydroxylation sites is 2. The van der Waals surface area contributed by atoms with E-state index in [1.807, 2.05) is 41.0 Å². The molecule has 0 aliphatic heterocycles. The minimum atomic E-state index is -0.926. The zero-order valence-corrected chi connectivity index (χ0v) is 9.50. The molecule has 1 heterocycles. The number of nitrogens with one attached hydrogen (secondary N) is 1. The van der Waals surface area contributed by atoms with Crippen molar-refractivity contribution in [1.82, 2.24) is 4.98 Å². The normalized spacial score (nSPS) is 10.7. The van der Waals surface area contributed by atoms with Crippen molar-refractivity contribution in [3.63, 3.8) is 0 Å². The number of benzene rings is 2. The number of H-pyrrole nitrogens is 1. The lowest BCUT2D eigenvalue weighted by Crippen LogP contribution is -2.29. The first-order valence-electron chi connectivity index (χ1n) is 5.58. The number of carboxylic acid groups (broad SMARTS) is 1. The maximum atomic E-state index is 11.3. The highest BCUT2D eigenvalue weighted by atomic mass is 16.4. The lowest BCUT2D eigenvalue weighted by atomic mass is 10.2. The molecule has 0 atom stereocenters. The third kappa shape index (κ3) is 1.55. The predicted octanol–water partition coefficient (Wildman–Crippen LogP) is 2.14. The molecule has 2 N–H and O–H groups in total. The van der Waals surface area contributed by atoms with Gasteiger partial charge in [0.2, 0.25) is 6.33 Å². The molecule has 0 bridgehead atoms. The van der Waals surface area contributed by atoms with Gasteiger partial charge in [-0.15, -0.1) is 0 Å². The summed E-state index contributed by atoms with van der Waals surface area (Å²) in [6.07, 6.45) is 1.77. The van der Waals surface area contributed by atoms with Crippen LogP contribution in [0.3, 0.4) is 0 Å². The molecule has 0 saturated carbocycles. The quantitative estimate of drug-likeness (QED) is 0.673. The second kappa shape index (κ2) is 4.00. The Balaban J connectivity index is 2.35. The van der Waals surface area contributed by atoms with E-state index < -0.39 is 5.97 Å². The summed E-state index contributed by atoms with van der Waals surface area (Å²) >= 11 is 0. The molecule has 4 nitrogen and oxygen atoms in total. The molecule has 0 radical (unpaired) electrons. The average Bonchev–Trinajstić information content (AvgIpc) is 2.83. The highest BCUT2D eigenvalue weighted by Gasteiger charge is 2.19. The summed E-state index contributed by atoms with van der Waals surface area (Å²) in [7, 11) is 0. The largest absolute Gasteiger partial charge is 0.478 e. The first-order valence-corrected chi connectivity index (χ1v) is 5.58. The van der Waals surface area contributed by atoms with Gasteiger partial charge < -0.3 is 5.11 Å². The topological polar surface area (TPSA) is 57.0 Å². The van der Waals surface area contributed by atoms with Gasteiger partial charge in [-0.3, -0.25) is 0 Å². The highest BCUT2D eigenvalue weighted by Crippen LogP contribution is 2.15. The zero-order chi connectivity index (χ0) is 12.5. The first-order chi connectivity index (χ1) is 8.77. The molecular formula is C14H11N2O2+. The number of rotatable bonds is 2. The van der Waals surface area contributed by atoms with Crippen LogP contribution in [0.15, 0.2) is 54.9 Å². The fourth-order valence-corrected chi connectivity index (χ4v) is 2.08. The fourth-order valence-electron chi connectivity index (χ4n) is 2.08. The van der Waals surface area contributed by atoms with Crippen LogP contribution in [0.2, 0.25) is 0 Å². The Morgan fingerprint density at radius 2 is 1.83 bits per heavy atom. The van der Waals surface area contributed by atoms with E-state index in [4.69, 9.17) is 0 Å². The van der Waals surface area contributed by atoms with E-state index in [1.54, 1.807) is 18.5 Å². The molecule has 4 heteroatoms. The number of aromatic nitrogens is 2. The van der Waals surface area contributed by atoms with Gasteiger partial charge in [0.05, 0.1) is 0 Å². The van der Waals surface area contributed by atoms with Gasteiger partial charge >= 0.3 is 5.97 Å². The lowest BCUT2D eigenvalue weighted by Gasteiger charge is -1.99. The van der Waals surface area contributed by atoms with E-state index in [1.165, 1.54) is 0 Å². The number of hydrogen-bond acceptors (Lipinski definition) is 1. The van der Waals surface area contributed by atoms with Crippen molar-refractivity contribution in [3.8, 4) is 5.69 Å². The van der Waals surface area contributed by atoms with Crippen LogP contribution in [0.5, 0.6) is 0 Å². The number of fused-ring (bicyclic) bond motifs is 1.